The lowest BCUT2D eigenvalue weighted by Gasteiger charge is -2.34. The predicted molar refractivity (Wildman–Crippen MR) is 127 cm³/mol. The molecule has 1 aromatic carbocycles. The maximum atomic E-state index is 12.8. The number of hydrogen-bond acceptors (Lipinski definition) is 9. The number of likely N-dealkylation sites (tertiary alicyclic amines) is 1. The summed E-state index contributed by atoms with van der Waals surface area (Å²) >= 11 is 1.22. The molecule has 1 saturated heterocycles. The van der Waals surface area contributed by atoms with Gasteiger partial charge in [-0.3, -0.25) is 10.2 Å². The molecule has 3 aromatic rings. The molecule has 2 aromatic heterocycles. The molecule has 0 radical (unpaired) electrons. The van der Waals surface area contributed by atoms with Crippen LogP contribution in [0.2, 0.25) is 0 Å². The van der Waals surface area contributed by atoms with Gasteiger partial charge in [-0.05, 0) is 31.2 Å². The van der Waals surface area contributed by atoms with Gasteiger partial charge in [0.25, 0.3) is 0 Å². The Morgan fingerprint density at radius 2 is 2.03 bits per heavy atom. The number of nitrogens with zero attached hydrogens (tertiary/aromatic N) is 5. The molecule has 1 atom stereocenters. The number of benzene rings is 1. The summed E-state index contributed by atoms with van der Waals surface area (Å²) in [4.78, 5) is 25.7. The van der Waals surface area contributed by atoms with Gasteiger partial charge in [0.15, 0.2) is 33.8 Å². The topological polar surface area (TPSA) is 159 Å². The number of nitrogens with one attached hydrogen (secondary N) is 2. The quantitative estimate of drug-likeness (QED) is 0.424. The summed E-state index contributed by atoms with van der Waals surface area (Å²) in [6.45, 7) is 1.05. The number of halogens is 3. The Balaban J connectivity index is 1.26. The summed E-state index contributed by atoms with van der Waals surface area (Å²) in [6.07, 6.45) is -1.41. The number of imidazole rings is 1. The largest absolute Gasteiger partial charge is 0.454 e. The minimum atomic E-state index is -4.76. The Hall–Kier alpha value is -3.77. The third-order valence-electron chi connectivity index (χ3n) is 6.62. The number of ether oxygens (including phenoxy) is 2. The van der Waals surface area contributed by atoms with E-state index >= 15 is 0 Å². The van der Waals surface area contributed by atoms with Crippen LogP contribution in [0.4, 0.5) is 13.2 Å². The lowest BCUT2D eigenvalue weighted by atomic mass is 9.93. The molecule has 0 saturated carbocycles. The Morgan fingerprint density at radius 1 is 1.32 bits per heavy atom. The predicted octanol–water partition coefficient (Wildman–Crippen LogP) is 2.51. The van der Waals surface area contributed by atoms with Crippen molar-refractivity contribution >= 4 is 28.8 Å². The lowest BCUT2D eigenvalue weighted by Crippen LogP contribution is -2.53. The number of H-pyrrole nitrogens is 1. The highest BCUT2D eigenvalue weighted by Gasteiger charge is 2.44. The van der Waals surface area contributed by atoms with Crippen LogP contribution >= 0.6 is 11.8 Å². The monoisotopic (exact) mass is 548 g/mol. The molecule has 4 heterocycles. The molecular formula is C23H23F3N8O3S. The number of piperidine rings is 1. The molecule has 1 amide bonds. The fourth-order valence-electron chi connectivity index (χ4n) is 4.47. The van der Waals surface area contributed by atoms with Crippen LogP contribution in [0.1, 0.15) is 24.8 Å². The van der Waals surface area contributed by atoms with E-state index in [2.05, 4.69) is 21.0 Å². The summed E-state index contributed by atoms with van der Waals surface area (Å²) < 4.78 is 50.9. The van der Waals surface area contributed by atoms with Crippen molar-refractivity contribution in [1.29, 1.82) is 10.7 Å². The molecule has 0 bridgehead atoms. The average Bonchev–Trinajstić information content (AvgIpc) is 3.54. The molecule has 2 aliphatic rings. The van der Waals surface area contributed by atoms with Crippen LogP contribution in [0, 0.1) is 22.7 Å². The van der Waals surface area contributed by atoms with Gasteiger partial charge < -0.3 is 29.7 Å². The van der Waals surface area contributed by atoms with Gasteiger partial charge in [-0.15, -0.1) is 0 Å². The van der Waals surface area contributed by atoms with E-state index < -0.39 is 18.1 Å². The summed E-state index contributed by atoms with van der Waals surface area (Å²) in [7, 11) is 0. The SMILES string of the molecule is N#Cc1cc2c(cc1Sc1nc3c([nH]1)c(=N)ncn3CCC1CCN(C(=O)[C@@H](N)C(F)(F)F)CC1)OCO2. The van der Waals surface area contributed by atoms with E-state index in [1.807, 2.05) is 4.57 Å². The number of amides is 1. The van der Waals surface area contributed by atoms with Crippen LogP contribution < -0.4 is 20.7 Å². The van der Waals surface area contributed by atoms with Gasteiger partial charge >= 0.3 is 6.18 Å². The van der Waals surface area contributed by atoms with Crippen molar-refractivity contribution in [3.63, 3.8) is 0 Å². The summed E-state index contributed by atoms with van der Waals surface area (Å²) in [5.74, 6) is 0.142. The van der Waals surface area contributed by atoms with Crippen LogP contribution in [0.5, 0.6) is 11.5 Å². The van der Waals surface area contributed by atoms with Crippen molar-refractivity contribution < 1.29 is 27.4 Å². The molecule has 1 fully saturated rings. The lowest BCUT2D eigenvalue weighted by molar-refractivity contribution is -0.170. The maximum Gasteiger partial charge on any atom is 0.412 e. The third kappa shape index (κ3) is 5.14. The number of aryl methyl sites for hydroxylation is 1. The van der Waals surface area contributed by atoms with Gasteiger partial charge in [0, 0.05) is 30.6 Å². The van der Waals surface area contributed by atoms with E-state index in [-0.39, 0.29) is 31.3 Å². The standard InChI is InChI=1S/C23H23F3N8O3S/c24-23(25,26)18(28)21(35)33-4-1-12(2-5-33)3-6-34-10-30-19(29)17-20(34)32-22(31-17)38-16-8-15-14(36-11-37-15)7-13(16)9-27/h7-8,10,12,18,29H,1-6,11,28H2,(H,31,32)/t18-/m1/s1. The molecule has 0 spiro atoms. The van der Waals surface area contributed by atoms with Crippen molar-refractivity contribution in [1.82, 2.24) is 24.4 Å². The summed E-state index contributed by atoms with van der Waals surface area (Å²) in [6, 6.07) is 2.97. The molecule has 11 nitrogen and oxygen atoms in total. The zero-order valence-corrected chi connectivity index (χ0v) is 20.7. The number of carbonyl (C=O) groups is 1. The van der Waals surface area contributed by atoms with E-state index in [0.29, 0.717) is 64.1 Å². The summed E-state index contributed by atoms with van der Waals surface area (Å²) in [5, 5.41) is 18.2. The highest BCUT2D eigenvalue weighted by Crippen LogP contribution is 2.40. The second-order valence-electron chi connectivity index (χ2n) is 9.02. The highest BCUT2D eigenvalue weighted by molar-refractivity contribution is 7.99. The Morgan fingerprint density at radius 3 is 2.71 bits per heavy atom. The van der Waals surface area contributed by atoms with Crippen molar-refractivity contribution in [3.05, 3.63) is 29.5 Å². The zero-order chi connectivity index (χ0) is 27.0. The van der Waals surface area contributed by atoms with Gasteiger partial charge in [-0.1, -0.05) is 11.8 Å². The Bertz CT molecular complexity index is 1470. The van der Waals surface area contributed by atoms with E-state index in [1.54, 1.807) is 12.1 Å². The van der Waals surface area contributed by atoms with Crippen LogP contribution in [-0.4, -0.2) is 62.4 Å². The number of aromatic nitrogens is 4. The molecule has 38 heavy (non-hydrogen) atoms. The van der Waals surface area contributed by atoms with Gasteiger partial charge in [-0.25, -0.2) is 9.97 Å². The molecule has 2 aliphatic heterocycles. The fourth-order valence-corrected chi connectivity index (χ4v) is 5.35. The minimum absolute atomic E-state index is 0.0228. The average molecular weight is 549 g/mol. The van der Waals surface area contributed by atoms with E-state index in [1.165, 1.54) is 23.0 Å². The number of alkyl halides is 3. The molecule has 200 valence electrons. The van der Waals surface area contributed by atoms with Crippen molar-refractivity contribution in [2.45, 2.75) is 48.1 Å². The Kier molecular flexibility index (Phi) is 6.93. The summed E-state index contributed by atoms with van der Waals surface area (Å²) in [5.41, 5.74) is 6.46. The molecule has 5 rings (SSSR count). The second kappa shape index (κ2) is 10.2. The Labute approximate surface area is 218 Å². The second-order valence-corrected chi connectivity index (χ2v) is 10.0. The molecule has 15 heteroatoms. The van der Waals surface area contributed by atoms with Gasteiger partial charge in [0.05, 0.1) is 11.9 Å². The molecule has 0 aliphatic carbocycles. The normalized spacial score (nSPS) is 16.6. The highest BCUT2D eigenvalue weighted by atomic mass is 32.2. The molecular weight excluding hydrogens is 525 g/mol. The maximum absolute atomic E-state index is 12.8. The van der Waals surface area contributed by atoms with Crippen molar-refractivity contribution in [2.24, 2.45) is 11.7 Å². The van der Waals surface area contributed by atoms with Crippen LogP contribution in [-0.2, 0) is 11.3 Å². The van der Waals surface area contributed by atoms with Crippen LogP contribution in [0.15, 0.2) is 28.5 Å². The van der Waals surface area contributed by atoms with Crippen LogP contribution in [0.3, 0.4) is 0 Å². The zero-order valence-electron chi connectivity index (χ0n) is 19.9. The minimum Gasteiger partial charge on any atom is -0.454 e. The number of aromatic amines is 1. The van der Waals surface area contributed by atoms with Gasteiger partial charge in [-0.2, -0.15) is 18.4 Å². The van der Waals surface area contributed by atoms with E-state index in [0.717, 1.165) is 0 Å². The smallest absolute Gasteiger partial charge is 0.412 e. The van der Waals surface area contributed by atoms with Gasteiger partial charge in [0.1, 0.15) is 11.6 Å². The van der Waals surface area contributed by atoms with Crippen molar-refractivity contribution in [3.8, 4) is 17.6 Å². The van der Waals surface area contributed by atoms with Crippen molar-refractivity contribution in [2.75, 3.05) is 19.9 Å². The fraction of sp³-hybridized carbons (Fsp3) is 0.435. The van der Waals surface area contributed by atoms with Gasteiger partial charge in [0.2, 0.25) is 12.7 Å². The number of nitrogens with two attached hydrogens (primary N) is 1. The first-order valence-corrected chi connectivity index (χ1v) is 12.6. The van der Waals surface area contributed by atoms with E-state index in [9.17, 15) is 23.2 Å². The van der Waals surface area contributed by atoms with E-state index in [4.69, 9.17) is 20.6 Å². The first-order valence-electron chi connectivity index (χ1n) is 11.8. The number of hydrogen-bond donors (Lipinski definition) is 3. The number of fused-ring (bicyclic) bond motifs is 2. The number of carbonyl (C=O) groups excluding carboxylic acids is 1. The molecule has 4 N–H and O–H groups in total. The third-order valence-corrected chi connectivity index (χ3v) is 7.57. The van der Waals surface area contributed by atoms with Crippen LogP contribution in [0.25, 0.3) is 11.2 Å². The first-order chi connectivity index (χ1) is 18.1. The first kappa shape index (κ1) is 25.9. The number of rotatable bonds is 6. The molecule has 0 unspecified atom stereocenters. The number of nitriles is 1.